The van der Waals surface area contributed by atoms with Gasteiger partial charge in [-0.1, -0.05) is 50.2 Å². The summed E-state index contributed by atoms with van der Waals surface area (Å²) in [7, 11) is 0. The molecule has 0 saturated carbocycles. The quantitative estimate of drug-likeness (QED) is 0.440. The van der Waals surface area contributed by atoms with Crippen LogP contribution in [0.1, 0.15) is 56.6 Å². The van der Waals surface area contributed by atoms with E-state index in [0.29, 0.717) is 35.8 Å². The molecule has 3 aliphatic carbocycles. The highest BCUT2D eigenvalue weighted by Crippen LogP contribution is 2.53. The fourth-order valence-electron chi connectivity index (χ4n) is 6.62. The van der Waals surface area contributed by atoms with Crippen molar-refractivity contribution in [1.29, 1.82) is 5.26 Å². The van der Waals surface area contributed by atoms with Gasteiger partial charge < -0.3 is 4.52 Å². The molecule has 6 rings (SSSR count). The largest absolute Gasteiger partial charge is 0.334 e. The van der Waals surface area contributed by atoms with Gasteiger partial charge in [0.1, 0.15) is 11.9 Å². The lowest BCUT2D eigenvalue weighted by Gasteiger charge is -2.45. The molecule has 0 aliphatic heterocycles. The first-order valence-electron chi connectivity index (χ1n) is 13.0. The zero-order valence-electron chi connectivity index (χ0n) is 21.8. The van der Waals surface area contributed by atoms with Gasteiger partial charge in [0, 0.05) is 39.6 Å². The number of ketones is 1. The molecule has 7 nitrogen and oxygen atoms in total. The Kier molecular flexibility index (Phi) is 5.56. The molecule has 3 aliphatic rings. The summed E-state index contributed by atoms with van der Waals surface area (Å²) in [5.41, 5.74) is 4.45. The summed E-state index contributed by atoms with van der Waals surface area (Å²) in [5.74, 6) is 0.421. The highest BCUT2D eigenvalue weighted by atomic mass is 19.1. The summed E-state index contributed by atoms with van der Waals surface area (Å²) in [6, 6.07) is 8.83. The van der Waals surface area contributed by atoms with Crippen LogP contribution >= 0.6 is 0 Å². The zero-order chi connectivity index (χ0) is 26.8. The maximum atomic E-state index is 15.1. The minimum absolute atomic E-state index is 0.00971. The lowest BCUT2D eigenvalue weighted by Crippen LogP contribution is -2.46. The van der Waals surface area contributed by atoms with Crippen molar-refractivity contribution in [2.45, 2.75) is 52.4 Å². The van der Waals surface area contributed by atoms with Crippen LogP contribution in [0.2, 0.25) is 0 Å². The monoisotopic (exact) mass is 509 g/mol. The van der Waals surface area contributed by atoms with Crippen LogP contribution < -0.4 is 0 Å². The summed E-state index contributed by atoms with van der Waals surface area (Å²) in [6.07, 6.45) is 7.93. The van der Waals surface area contributed by atoms with Crippen LogP contribution in [0.5, 0.6) is 0 Å². The van der Waals surface area contributed by atoms with Crippen molar-refractivity contribution in [3.05, 3.63) is 76.9 Å². The number of benzene rings is 1. The lowest BCUT2D eigenvalue weighted by molar-refractivity contribution is -0.121. The van der Waals surface area contributed by atoms with Crippen LogP contribution in [-0.2, 0) is 16.6 Å². The highest BCUT2D eigenvalue weighted by molar-refractivity contribution is 6.02. The van der Waals surface area contributed by atoms with Crippen LogP contribution in [0.25, 0.3) is 22.5 Å². The standard InChI is InChI=1S/C30H28FN5O2/c1-16-13-19(29-33-18(3)35-38-29)9-12-25(16)36-28-22(26(34-36)21-7-5-6-8-24(21)31)10-11-23-17(2)27(37)20(15-32)14-30(23,28)4/h5-9,12,14,16-17,23H,10-11,13H2,1-4H3/t16?,17-,23-,30-/m1/s1. The van der Waals surface area contributed by atoms with E-state index in [1.165, 1.54) is 6.07 Å². The Balaban J connectivity index is 1.59. The maximum absolute atomic E-state index is 15.1. The van der Waals surface area contributed by atoms with Crippen LogP contribution in [0.15, 0.2) is 52.6 Å². The molecule has 0 bridgehead atoms. The Hall–Kier alpha value is -4.12. The Labute approximate surface area is 220 Å². The van der Waals surface area contributed by atoms with Gasteiger partial charge in [0.15, 0.2) is 11.6 Å². The van der Waals surface area contributed by atoms with Crippen molar-refractivity contribution in [2.24, 2.45) is 17.8 Å². The molecule has 0 spiro atoms. The molecule has 0 N–H and O–H groups in total. The molecule has 2 heterocycles. The van der Waals surface area contributed by atoms with E-state index >= 15 is 4.39 Å². The number of carbonyl (C=O) groups is 1. The number of nitrogens with zero attached hydrogens (tertiary/aromatic N) is 5. The van der Waals surface area contributed by atoms with E-state index in [4.69, 9.17) is 9.62 Å². The molecule has 3 aromatic rings. The molecule has 0 radical (unpaired) electrons. The number of nitriles is 1. The van der Waals surface area contributed by atoms with Crippen LogP contribution in [0, 0.1) is 41.8 Å². The minimum atomic E-state index is -0.614. The number of Topliss-reactive ketones (excluding diaryl/α,β-unsaturated/α-hetero) is 1. The number of halogens is 1. The number of hydrogen-bond acceptors (Lipinski definition) is 6. The fourth-order valence-corrected chi connectivity index (χ4v) is 6.62. The molecular formula is C30H28FN5O2. The first-order chi connectivity index (χ1) is 18.2. The van der Waals surface area contributed by atoms with Gasteiger partial charge in [0.2, 0.25) is 0 Å². The molecule has 0 saturated heterocycles. The van der Waals surface area contributed by atoms with Gasteiger partial charge in [-0.15, -0.1) is 0 Å². The van der Waals surface area contributed by atoms with Gasteiger partial charge in [-0.2, -0.15) is 15.3 Å². The SMILES string of the molecule is Cc1noc(C2=CC=C(n3nc(-c4ccccc4F)c4c3[C@]3(C)C=C(C#N)C(=O)[C@H](C)[C@H]3CC4)C(C)C2)n1. The number of rotatable bonds is 3. The van der Waals surface area contributed by atoms with Gasteiger partial charge in [-0.25, -0.2) is 9.07 Å². The van der Waals surface area contributed by atoms with Gasteiger partial charge in [0.05, 0.1) is 17.0 Å². The summed E-state index contributed by atoms with van der Waals surface area (Å²) in [4.78, 5) is 17.3. The van der Waals surface area contributed by atoms with E-state index in [9.17, 15) is 10.1 Å². The smallest absolute Gasteiger partial charge is 0.253 e. The van der Waals surface area contributed by atoms with Gasteiger partial charge in [-0.3, -0.25) is 4.79 Å². The van der Waals surface area contributed by atoms with Gasteiger partial charge in [0.25, 0.3) is 5.89 Å². The number of aromatic nitrogens is 4. The molecule has 4 atom stereocenters. The molecule has 1 unspecified atom stereocenters. The number of carbonyl (C=O) groups excluding carboxylic acids is 1. The third-order valence-electron chi connectivity index (χ3n) is 8.48. The second kappa shape index (κ2) is 8.73. The van der Waals surface area contributed by atoms with Crippen LogP contribution in [0.3, 0.4) is 0 Å². The average Bonchev–Trinajstić information content (AvgIpc) is 3.51. The summed E-state index contributed by atoms with van der Waals surface area (Å²) < 4.78 is 22.4. The fraction of sp³-hybridized carbons (Fsp3) is 0.367. The Morgan fingerprint density at radius 1 is 1.24 bits per heavy atom. The summed E-state index contributed by atoms with van der Waals surface area (Å²) >= 11 is 0. The molecule has 0 amide bonds. The van der Waals surface area contributed by atoms with Gasteiger partial charge in [-0.05, 0) is 50.3 Å². The number of hydrogen-bond donors (Lipinski definition) is 0. The average molecular weight is 510 g/mol. The second-order valence-corrected chi connectivity index (χ2v) is 10.9. The van der Waals surface area contributed by atoms with Crippen LogP contribution in [-0.4, -0.2) is 25.7 Å². The molecule has 0 fully saturated rings. The first kappa shape index (κ1) is 24.2. The van der Waals surface area contributed by atoms with Gasteiger partial charge >= 0.3 is 0 Å². The molecule has 192 valence electrons. The van der Waals surface area contributed by atoms with Crippen molar-refractivity contribution < 1.29 is 13.7 Å². The molecule has 2 aromatic heterocycles. The Bertz CT molecular complexity index is 1620. The number of fused-ring (bicyclic) bond motifs is 3. The first-order valence-corrected chi connectivity index (χ1v) is 13.0. The van der Waals surface area contributed by atoms with Crippen LogP contribution in [0.4, 0.5) is 4.39 Å². The zero-order valence-corrected chi connectivity index (χ0v) is 21.8. The third-order valence-corrected chi connectivity index (χ3v) is 8.48. The second-order valence-electron chi connectivity index (χ2n) is 10.9. The van der Waals surface area contributed by atoms with Crippen molar-refractivity contribution in [1.82, 2.24) is 19.9 Å². The van der Waals surface area contributed by atoms with Crippen molar-refractivity contribution in [2.75, 3.05) is 0 Å². The Morgan fingerprint density at radius 2 is 2.03 bits per heavy atom. The van der Waals surface area contributed by atoms with Crippen molar-refractivity contribution in [3.8, 4) is 17.3 Å². The van der Waals surface area contributed by atoms with Crippen molar-refractivity contribution >= 4 is 17.1 Å². The third kappa shape index (κ3) is 3.52. The predicted octanol–water partition coefficient (Wildman–Crippen LogP) is 5.83. The van der Waals surface area contributed by atoms with E-state index in [2.05, 4.69) is 30.1 Å². The predicted molar refractivity (Wildman–Crippen MR) is 140 cm³/mol. The van der Waals surface area contributed by atoms with E-state index in [0.717, 1.165) is 28.9 Å². The normalized spacial score (nSPS) is 26.6. The number of allylic oxidation sites excluding steroid dienone is 6. The highest BCUT2D eigenvalue weighted by Gasteiger charge is 2.51. The molecule has 8 heteroatoms. The Morgan fingerprint density at radius 3 is 2.71 bits per heavy atom. The van der Waals surface area contributed by atoms with E-state index in [1.807, 2.05) is 35.9 Å². The summed E-state index contributed by atoms with van der Waals surface area (Å²) in [6.45, 7) is 7.92. The number of aryl methyl sites for hydroxylation is 1. The minimum Gasteiger partial charge on any atom is -0.334 e. The van der Waals surface area contributed by atoms with E-state index in [1.54, 1.807) is 19.1 Å². The topological polar surface area (TPSA) is 97.6 Å². The van der Waals surface area contributed by atoms with E-state index in [-0.39, 0.29) is 34.9 Å². The lowest BCUT2D eigenvalue weighted by atomic mass is 9.57. The molecule has 38 heavy (non-hydrogen) atoms. The summed E-state index contributed by atoms with van der Waals surface area (Å²) in [5, 5.41) is 18.8. The van der Waals surface area contributed by atoms with Crippen molar-refractivity contribution in [3.63, 3.8) is 0 Å². The maximum Gasteiger partial charge on any atom is 0.253 e. The molecule has 1 aromatic carbocycles. The van der Waals surface area contributed by atoms with E-state index < -0.39 is 5.41 Å². The molecular weight excluding hydrogens is 481 g/mol.